The molecule has 96 valence electrons. The molecule has 3 nitrogen and oxygen atoms in total. The van der Waals surface area contributed by atoms with Gasteiger partial charge in [0.15, 0.2) is 0 Å². The van der Waals surface area contributed by atoms with Crippen LogP contribution in [0.4, 0.5) is 5.69 Å². The summed E-state index contributed by atoms with van der Waals surface area (Å²) >= 11 is 0. The first-order valence-electron chi connectivity index (χ1n) is 6.32. The molecule has 0 saturated heterocycles. The zero-order chi connectivity index (χ0) is 12.7. The number of nitrogens with zero attached hydrogens (tertiary/aromatic N) is 1. The van der Waals surface area contributed by atoms with Crippen LogP contribution in [0.5, 0.6) is 5.75 Å². The Bertz CT molecular complexity index is 328. The van der Waals surface area contributed by atoms with Gasteiger partial charge in [-0.05, 0) is 38.9 Å². The summed E-state index contributed by atoms with van der Waals surface area (Å²) in [5.74, 6) is 0.858. The van der Waals surface area contributed by atoms with Gasteiger partial charge in [0.25, 0.3) is 0 Å². The SMILES string of the molecule is CCC(C)N(C)CCCOc1cccc(N)c1. The maximum absolute atomic E-state index is 5.68. The van der Waals surface area contributed by atoms with E-state index in [1.807, 2.05) is 24.3 Å². The van der Waals surface area contributed by atoms with Crippen LogP contribution >= 0.6 is 0 Å². The molecule has 0 aliphatic heterocycles. The normalized spacial score (nSPS) is 12.7. The molecule has 0 aliphatic rings. The average molecular weight is 236 g/mol. The van der Waals surface area contributed by atoms with Crippen LogP contribution in [-0.4, -0.2) is 31.1 Å². The van der Waals surface area contributed by atoms with Crippen molar-refractivity contribution in [2.75, 3.05) is 25.9 Å². The van der Waals surface area contributed by atoms with Gasteiger partial charge in [0.1, 0.15) is 5.75 Å². The van der Waals surface area contributed by atoms with Crippen molar-refractivity contribution in [3.05, 3.63) is 24.3 Å². The summed E-state index contributed by atoms with van der Waals surface area (Å²) in [6, 6.07) is 8.22. The van der Waals surface area contributed by atoms with E-state index in [1.165, 1.54) is 6.42 Å². The smallest absolute Gasteiger partial charge is 0.121 e. The lowest BCUT2D eigenvalue weighted by Crippen LogP contribution is -2.30. The van der Waals surface area contributed by atoms with Gasteiger partial charge in [-0.25, -0.2) is 0 Å². The molecule has 17 heavy (non-hydrogen) atoms. The molecule has 2 N–H and O–H groups in total. The lowest BCUT2D eigenvalue weighted by Gasteiger charge is -2.23. The van der Waals surface area contributed by atoms with Gasteiger partial charge in [-0.3, -0.25) is 0 Å². The van der Waals surface area contributed by atoms with Gasteiger partial charge < -0.3 is 15.4 Å². The first kappa shape index (κ1) is 13.8. The Kier molecular flexibility index (Phi) is 5.84. The van der Waals surface area contributed by atoms with Crippen LogP contribution in [0.15, 0.2) is 24.3 Å². The van der Waals surface area contributed by atoms with E-state index < -0.39 is 0 Å². The fraction of sp³-hybridized carbons (Fsp3) is 0.571. The monoisotopic (exact) mass is 236 g/mol. The highest BCUT2D eigenvalue weighted by Gasteiger charge is 2.05. The Hall–Kier alpha value is -1.22. The van der Waals surface area contributed by atoms with E-state index >= 15 is 0 Å². The van der Waals surface area contributed by atoms with E-state index in [4.69, 9.17) is 10.5 Å². The molecule has 0 aromatic heterocycles. The minimum atomic E-state index is 0.641. The number of anilines is 1. The second kappa shape index (κ2) is 7.17. The molecule has 0 bridgehead atoms. The second-order valence-electron chi connectivity index (χ2n) is 4.51. The summed E-state index contributed by atoms with van der Waals surface area (Å²) in [6.07, 6.45) is 2.22. The number of rotatable bonds is 7. The topological polar surface area (TPSA) is 38.5 Å². The molecule has 0 radical (unpaired) electrons. The molecule has 0 spiro atoms. The van der Waals surface area contributed by atoms with E-state index in [1.54, 1.807) is 0 Å². The predicted molar refractivity (Wildman–Crippen MR) is 73.3 cm³/mol. The zero-order valence-electron chi connectivity index (χ0n) is 11.1. The van der Waals surface area contributed by atoms with Gasteiger partial charge in [-0.15, -0.1) is 0 Å². The molecular weight excluding hydrogens is 212 g/mol. The Labute approximate surface area is 105 Å². The summed E-state index contributed by atoms with van der Waals surface area (Å²) in [7, 11) is 2.16. The van der Waals surface area contributed by atoms with Crippen molar-refractivity contribution in [3.63, 3.8) is 0 Å². The molecule has 0 fully saturated rings. The summed E-state index contributed by atoms with van der Waals surface area (Å²) in [6.45, 7) is 6.27. The molecule has 0 amide bonds. The molecule has 1 atom stereocenters. The minimum absolute atomic E-state index is 0.641. The van der Waals surface area contributed by atoms with Gasteiger partial charge >= 0.3 is 0 Å². The molecule has 3 heteroatoms. The Morgan fingerprint density at radius 3 is 2.82 bits per heavy atom. The largest absolute Gasteiger partial charge is 0.493 e. The van der Waals surface area contributed by atoms with E-state index in [-0.39, 0.29) is 0 Å². The predicted octanol–water partition coefficient (Wildman–Crippen LogP) is 2.77. The van der Waals surface area contributed by atoms with E-state index in [0.717, 1.165) is 31.0 Å². The Morgan fingerprint density at radius 1 is 1.41 bits per heavy atom. The number of ether oxygens (including phenoxy) is 1. The molecule has 1 rings (SSSR count). The highest BCUT2D eigenvalue weighted by Crippen LogP contribution is 2.14. The maximum Gasteiger partial charge on any atom is 0.121 e. The summed E-state index contributed by atoms with van der Waals surface area (Å²) in [5, 5.41) is 0. The van der Waals surface area contributed by atoms with Crippen molar-refractivity contribution >= 4 is 5.69 Å². The molecule has 1 unspecified atom stereocenters. The summed E-state index contributed by atoms with van der Waals surface area (Å²) in [5.41, 5.74) is 6.43. The van der Waals surface area contributed by atoms with Gasteiger partial charge in [0.05, 0.1) is 6.61 Å². The van der Waals surface area contributed by atoms with Crippen LogP contribution in [0.3, 0.4) is 0 Å². The molecule has 0 heterocycles. The fourth-order valence-corrected chi connectivity index (χ4v) is 1.64. The molecular formula is C14H24N2O. The molecule has 1 aromatic carbocycles. The van der Waals surface area contributed by atoms with E-state index in [0.29, 0.717) is 6.04 Å². The Balaban J connectivity index is 2.20. The van der Waals surface area contributed by atoms with Crippen LogP contribution in [0.1, 0.15) is 26.7 Å². The van der Waals surface area contributed by atoms with Crippen LogP contribution in [0, 0.1) is 0 Å². The quantitative estimate of drug-likeness (QED) is 0.584. The zero-order valence-corrected chi connectivity index (χ0v) is 11.1. The molecule has 1 aromatic rings. The van der Waals surface area contributed by atoms with Crippen molar-refractivity contribution in [3.8, 4) is 5.75 Å². The molecule has 0 saturated carbocycles. The summed E-state index contributed by atoms with van der Waals surface area (Å²) in [4.78, 5) is 2.36. The highest BCUT2D eigenvalue weighted by atomic mass is 16.5. The number of hydrogen-bond acceptors (Lipinski definition) is 3. The average Bonchev–Trinajstić information content (AvgIpc) is 2.33. The maximum atomic E-state index is 5.68. The van der Waals surface area contributed by atoms with Gasteiger partial charge in [0.2, 0.25) is 0 Å². The van der Waals surface area contributed by atoms with Crippen molar-refractivity contribution in [2.45, 2.75) is 32.7 Å². The van der Waals surface area contributed by atoms with Crippen molar-refractivity contribution in [1.29, 1.82) is 0 Å². The van der Waals surface area contributed by atoms with Crippen LogP contribution in [0.25, 0.3) is 0 Å². The first-order valence-corrected chi connectivity index (χ1v) is 6.32. The fourth-order valence-electron chi connectivity index (χ4n) is 1.64. The number of nitrogens with two attached hydrogens (primary N) is 1. The third kappa shape index (κ3) is 5.09. The minimum Gasteiger partial charge on any atom is -0.493 e. The van der Waals surface area contributed by atoms with Gasteiger partial charge in [-0.2, -0.15) is 0 Å². The first-order chi connectivity index (χ1) is 8.13. The van der Waals surface area contributed by atoms with Crippen molar-refractivity contribution in [1.82, 2.24) is 4.90 Å². The van der Waals surface area contributed by atoms with E-state index in [9.17, 15) is 0 Å². The van der Waals surface area contributed by atoms with Crippen LogP contribution in [0.2, 0.25) is 0 Å². The van der Waals surface area contributed by atoms with E-state index in [2.05, 4.69) is 25.8 Å². The van der Waals surface area contributed by atoms with Gasteiger partial charge in [0, 0.05) is 24.3 Å². The Morgan fingerprint density at radius 2 is 2.18 bits per heavy atom. The number of hydrogen-bond donors (Lipinski definition) is 1. The number of nitrogen functional groups attached to an aromatic ring is 1. The standard InChI is InChI=1S/C14H24N2O/c1-4-12(2)16(3)9-6-10-17-14-8-5-7-13(15)11-14/h5,7-8,11-12H,4,6,9-10,15H2,1-3H3. The third-order valence-electron chi connectivity index (χ3n) is 3.13. The van der Waals surface area contributed by atoms with Crippen LogP contribution in [-0.2, 0) is 0 Å². The number of benzene rings is 1. The summed E-state index contributed by atoms with van der Waals surface area (Å²) < 4.78 is 5.64. The lowest BCUT2D eigenvalue weighted by atomic mass is 10.2. The highest BCUT2D eigenvalue weighted by molar-refractivity contribution is 5.43. The van der Waals surface area contributed by atoms with Crippen LogP contribution < -0.4 is 10.5 Å². The molecule has 0 aliphatic carbocycles. The third-order valence-corrected chi connectivity index (χ3v) is 3.13. The van der Waals surface area contributed by atoms with Crippen molar-refractivity contribution in [2.24, 2.45) is 0 Å². The second-order valence-corrected chi connectivity index (χ2v) is 4.51. The van der Waals surface area contributed by atoms with Gasteiger partial charge in [-0.1, -0.05) is 13.0 Å². The van der Waals surface area contributed by atoms with Crippen molar-refractivity contribution < 1.29 is 4.74 Å². The lowest BCUT2D eigenvalue weighted by molar-refractivity contribution is 0.220.